The number of quaternary nitrogens is 1. The Hall–Kier alpha value is -0.610. The van der Waals surface area contributed by atoms with E-state index in [1.807, 2.05) is 19.2 Å². The molecule has 112 valence electrons. The van der Waals surface area contributed by atoms with Gasteiger partial charge in [0.25, 0.3) is 0 Å². The van der Waals surface area contributed by atoms with Crippen molar-refractivity contribution >= 4 is 11.6 Å². The van der Waals surface area contributed by atoms with Gasteiger partial charge in [-0.05, 0) is 24.0 Å². The first-order valence-corrected chi connectivity index (χ1v) is 7.82. The summed E-state index contributed by atoms with van der Waals surface area (Å²) in [7, 11) is 1.88. The Bertz CT molecular complexity index is 438. The maximum absolute atomic E-state index is 10.1. The van der Waals surface area contributed by atoms with Crippen LogP contribution in [0.2, 0.25) is 5.02 Å². The highest BCUT2D eigenvalue weighted by Crippen LogP contribution is 2.33. The van der Waals surface area contributed by atoms with Crippen molar-refractivity contribution in [3.05, 3.63) is 34.9 Å². The van der Waals surface area contributed by atoms with Crippen LogP contribution in [-0.2, 0) is 0 Å². The lowest BCUT2D eigenvalue weighted by atomic mass is 9.95. The molecule has 0 amide bonds. The standard InChI is InChI=1S/C16H26ClN2O/c1-13(2)12-16(14-6-4-5-7-15(14)17)18-8-10-19(3,20)11-9-18/h4-7,13,16,20H,8-12H2,1-3H3/q+1. The van der Waals surface area contributed by atoms with Gasteiger partial charge in [0, 0.05) is 11.1 Å². The summed E-state index contributed by atoms with van der Waals surface area (Å²) in [5.41, 5.74) is 1.22. The van der Waals surface area contributed by atoms with Crippen LogP contribution in [0, 0.1) is 5.92 Å². The summed E-state index contributed by atoms with van der Waals surface area (Å²) in [6, 6.07) is 8.50. The molecular weight excluding hydrogens is 272 g/mol. The molecular formula is C16H26ClN2O+. The minimum Gasteiger partial charge on any atom is -0.285 e. The van der Waals surface area contributed by atoms with Crippen LogP contribution in [0.1, 0.15) is 31.9 Å². The van der Waals surface area contributed by atoms with E-state index in [0.717, 1.165) is 37.6 Å². The molecule has 1 saturated heterocycles. The zero-order valence-corrected chi connectivity index (χ0v) is 13.5. The van der Waals surface area contributed by atoms with Gasteiger partial charge in [0.15, 0.2) is 0 Å². The molecule has 1 aromatic rings. The second kappa shape index (κ2) is 6.44. The van der Waals surface area contributed by atoms with E-state index >= 15 is 0 Å². The quantitative estimate of drug-likeness (QED) is 0.859. The van der Waals surface area contributed by atoms with E-state index < -0.39 is 0 Å². The van der Waals surface area contributed by atoms with E-state index in [1.165, 1.54) is 5.56 Å². The third-order valence-corrected chi connectivity index (χ3v) is 4.48. The first-order chi connectivity index (χ1) is 9.39. The Kier molecular flexibility index (Phi) is 5.08. The average molecular weight is 298 g/mol. The Balaban J connectivity index is 2.19. The van der Waals surface area contributed by atoms with Crippen molar-refractivity contribution < 1.29 is 9.85 Å². The highest BCUT2D eigenvalue weighted by Gasteiger charge is 2.32. The molecule has 0 aromatic heterocycles. The molecule has 0 spiro atoms. The van der Waals surface area contributed by atoms with Crippen molar-refractivity contribution in [2.75, 3.05) is 33.2 Å². The highest BCUT2D eigenvalue weighted by molar-refractivity contribution is 6.31. The van der Waals surface area contributed by atoms with Crippen molar-refractivity contribution in [3.63, 3.8) is 0 Å². The molecule has 3 nitrogen and oxygen atoms in total. The average Bonchev–Trinajstić information content (AvgIpc) is 2.37. The molecule has 1 N–H and O–H groups in total. The largest absolute Gasteiger partial charge is 0.285 e. The minimum atomic E-state index is 0.132. The fourth-order valence-corrected chi connectivity index (χ4v) is 3.15. The lowest BCUT2D eigenvalue weighted by Gasteiger charge is -2.40. The van der Waals surface area contributed by atoms with Gasteiger partial charge in [0.2, 0.25) is 0 Å². The molecule has 1 aliphatic heterocycles. The van der Waals surface area contributed by atoms with E-state index in [2.05, 4.69) is 30.9 Å². The molecule has 0 bridgehead atoms. The zero-order valence-electron chi connectivity index (χ0n) is 12.7. The first-order valence-electron chi connectivity index (χ1n) is 7.45. The number of nitrogens with zero attached hydrogens (tertiary/aromatic N) is 2. The zero-order chi connectivity index (χ0) is 14.8. The van der Waals surface area contributed by atoms with Gasteiger partial charge in [-0.25, -0.2) is 5.21 Å². The van der Waals surface area contributed by atoms with Crippen LogP contribution < -0.4 is 0 Å². The molecule has 1 unspecified atom stereocenters. The molecule has 1 aliphatic rings. The monoisotopic (exact) mass is 297 g/mol. The fraction of sp³-hybridized carbons (Fsp3) is 0.625. The van der Waals surface area contributed by atoms with Gasteiger partial charge < -0.3 is 0 Å². The van der Waals surface area contributed by atoms with Gasteiger partial charge in [-0.2, -0.15) is 4.65 Å². The summed E-state index contributed by atoms with van der Waals surface area (Å²) >= 11 is 6.40. The van der Waals surface area contributed by atoms with Crippen molar-refractivity contribution in [2.24, 2.45) is 5.92 Å². The lowest BCUT2D eigenvalue weighted by Crippen LogP contribution is -2.55. The van der Waals surface area contributed by atoms with E-state index in [1.54, 1.807) is 0 Å². The highest BCUT2D eigenvalue weighted by atomic mass is 35.5. The summed E-state index contributed by atoms with van der Waals surface area (Å²) in [6.45, 7) is 7.88. The van der Waals surface area contributed by atoms with E-state index in [0.29, 0.717) is 12.0 Å². The van der Waals surface area contributed by atoms with Crippen LogP contribution in [0.25, 0.3) is 0 Å². The van der Waals surface area contributed by atoms with Crippen LogP contribution in [-0.4, -0.2) is 48.0 Å². The summed E-state index contributed by atoms with van der Waals surface area (Å²) in [6.07, 6.45) is 1.10. The van der Waals surface area contributed by atoms with Crippen LogP contribution in [0.3, 0.4) is 0 Å². The number of rotatable bonds is 4. The molecule has 0 aliphatic carbocycles. The third kappa shape index (κ3) is 3.95. The predicted octanol–water partition coefficient (Wildman–Crippen LogP) is 3.58. The third-order valence-electron chi connectivity index (χ3n) is 4.14. The molecule has 1 atom stereocenters. The van der Waals surface area contributed by atoms with Gasteiger partial charge in [-0.3, -0.25) is 4.90 Å². The lowest BCUT2D eigenvalue weighted by molar-refractivity contribution is -1.09. The predicted molar refractivity (Wildman–Crippen MR) is 82.9 cm³/mol. The van der Waals surface area contributed by atoms with Crippen molar-refractivity contribution in [1.82, 2.24) is 4.90 Å². The number of hydrogen-bond donors (Lipinski definition) is 1. The molecule has 4 heteroatoms. The first kappa shape index (κ1) is 15.8. The van der Waals surface area contributed by atoms with Crippen LogP contribution in [0.4, 0.5) is 0 Å². The van der Waals surface area contributed by atoms with Crippen molar-refractivity contribution in [3.8, 4) is 0 Å². The number of benzene rings is 1. The van der Waals surface area contributed by atoms with E-state index in [9.17, 15) is 5.21 Å². The molecule has 1 aromatic carbocycles. The molecule has 2 rings (SSSR count). The van der Waals surface area contributed by atoms with Crippen LogP contribution >= 0.6 is 11.6 Å². The maximum atomic E-state index is 10.1. The second-order valence-corrected chi connectivity index (χ2v) is 6.90. The van der Waals surface area contributed by atoms with Crippen LogP contribution in [0.15, 0.2) is 24.3 Å². The number of halogens is 1. The smallest absolute Gasteiger partial charge is 0.121 e. The minimum absolute atomic E-state index is 0.132. The second-order valence-electron chi connectivity index (χ2n) is 6.49. The Morgan fingerprint density at radius 3 is 2.40 bits per heavy atom. The SMILES string of the molecule is CC(C)CC(c1ccccc1Cl)N1CC[N+](C)(O)CC1. The number of hydrogen-bond acceptors (Lipinski definition) is 2. The molecule has 0 saturated carbocycles. The molecule has 1 heterocycles. The van der Waals surface area contributed by atoms with Gasteiger partial charge >= 0.3 is 0 Å². The van der Waals surface area contributed by atoms with Gasteiger partial charge in [0.05, 0.1) is 20.1 Å². The van der Waals surface area contributed by atoms with Gasteiger partial charge in [-0.1, -0.05) is 43.6 Å². The van der Waals surface area contributed by atoms with Gasteiger partial charge in [0.1, 0.15) is 13.1 Å². The van der Waals surface area contributed by atoms with Gasteiger partial charge in [-0.15, -0.1) is 0 Å². The summed E-state index contributed by atoms with van der Waals surface area (Å²) in [5, 5.41) is 10.9. The molecule has 1 fully saturated rings. The Labute approximate surface area is 127 Å². The topological polar surface area (TPSA) is 23.5 Å². The van der Waals surface area contributed by atoms with Crippen LogP contribution in [0.5, 0.6) is 0 Å². The fourth-order valence-electron chi connectivity index (χ4n) is 2.89. The molecule has 20 heavy (non-hydrogen) atoms. The number of piperazine rings is 1. The summed E-state index contributed by atoms with van der Waals surface area (Å²) < 4.78 is 0.132. The number of hydroxylamine groups is 3. The maximum Gasteiger partial charge on any atom is 0.121 e. The van der Waals surface area contributed by atoms with E-state index in [-0.39, 0.29) is 4.65 Å². The summed E-state index contributed by atoms with van der Waals surface area (Å²) in [5.74, 6) is 0.619. The Morgan fingerprint density at radius 1 is 1.25 bits per heavy atom. The van der Waals surface area contributed by atoms with E-state index in [4.69, 9.17) is 11.6 Å². The number of likely N-dealkylation sites (N-methyl/N-ethyl adjacent to an activating group) is 1. The normalized spacial score (nSPS) is 21.1. The summed E-state index contributed by atoms with van der Waals surface area (Å²) in [4.78, 5) is 2.47. The van der Waals surface area contributed by atoms with Crippen molar-refractivity contribution in [2.45, 2.75) is 26.3 Å². The molecule has 0 radical (unpaired) electrons. The van der Waals surface area contributed by atoms with Crippen molar-refractivity contribution in [1.29, 1.82) is 0 Å². The Morgan fingerprint density at radius 2 is 1.85 bits per heavy atom.